The summed E-state index contributed by atoms with van der Waals surface area (Å²) in [4.78, 5) is 26.4. The molecule has 0 aliphatic carbocycles. The number of anilines is 2. The maximum Gasteiger partial charge on any atom is 0.259 e. The minimum atomic E-state index is -0.225. The lowest BCUT2D eigenvalue weighted by molar-refractivity contribution is 0.102. The molecule has 2 aromatic carbocycles. The van der Waals surface area contributed by atoms with Gasteiger partial charge in [0.05, 0.1) is 11.3 Å². The summed E-state index contributed by atoms with van der Waals surface area (Å²) in [7, 11) is 0. The van der Waals surface area contributed by atoms with Crippen molar-refractivity contribution < 1.29 is 9.53 Å². The molecule has 3 aromatic rings. The lowest BCUT2D eigenvalue weighted by atomic mass is 10.2. The molecule has 1 aliphatic heterocycles. The molecule has 1 aromatic heterocycles. The van der Waals surface area contributed by atoms with Crippen molar-refractivity contribution in [1.29, 1.82) is 0 Å². The van der Waals surface area contributed by atoms with E-state index in [1.165, 1.54) is 0 Å². The van der Waals surface area contributed by atoms with Gasteiger partial charge < -0.3 is 19.9 Å². The number of piperazine rings is 1. The molecule has 4 rings (SSSR count). The van der Waals surface area contributed by atoms with Gasteiger partial charge in [-0.3, -0.25) is 4.79 Å². The third kappa shape index (κ3) is 5.19. The van der Waals surface area contributed by atoms with Gasteiger partial charge in [-0.2, -0.15) is 0 Å². The van der Waals surface area contributed by atoms with E-state index in [2.05, 4.69) is 32.0 Å². The Hall–Kier alpha value is -3.45. The molecular formula is C24H27N5O2. The van der Waals surface area contributed by atoms with Crippen LogP contribution in [0.2, 0.25) is 0 Å². The Bertz CT molecular complexity index is 1020. The molecule has 1 saturated heterocycles. The van der Waals surface area contributed by atoms with Crippen LogP contribution in [0.3, 0.4) is 0 Å². The van der Waals surface area contributed by atoms with Crippen molar-refractivity contribution in [2.75, 3.05) is 42.9 Å². The first-order valence-corrected chi connectivity index (χ1v) is 10.6. The number of carbonyl (C=O) groups is 1. The van der Waals surface area contributed by atoms with Crippen molar-refractivity contribution in [2.45, 2.75) is 13.8 Å². The fourth-order valence-corrected chi connectivity index (χ4v) is 3.52. The van der Waals surface area contributed by atoms with E-state index >= 15 is 0 Å². The third-order valence-corrected chi connectivity index (χ3v) is 5.40. The number of aryl methyl sites for hydroxylation is 1. The van der Waals surface area contributed by atoms with Crippen LogP contribution in [0.15, 0.2) is 60.8 Å². The smallest absolute Gasteiger partial charge is 0.259 e. The van der Waals surface area contributed by atoms with Gasteiger partial charge in [0.15, 0.2) is 0 Å². The van der Waals surface area contributed by atoms with E-state index in [1.807, 2.05) is 61.5 Å². The molecule has 1 fully saturated rings. The number of aromatic nitrogens is 2. The zero-order chi connectivity index (χ0) is 21.6. The highest BCUT2D eigenvalue weighted by molar-refractivity contribution is 6.04. The predicted molar refractivity (Wildman–Crippen MR) is 122 cm³/mol. The summed E-state index contributed by atoms with van der Waals surface area (Å²) in [5, 5.41) is 2.91. The van der Waals surface area contributed by atoms with Crippen LogP contribution < -0.4 is 15.0 Å². The van der Waals surface area contributed by atoms with E-state index in [0.29, 0.717) is 28.6 Å². The van der Waals surface area contributed by atoms with E-state index < -0.39 is 0 Å². The molecule has 7 nitrogen and oxygen atoms in total. The van der Waals surface area contributed by atoms with Crippen molar-refractivity contribution in [3.8, 4) is 11.5 Å². The first-order chi connectivity index (χ1) is 15.1. The Morgan fingerprint density at radius 1 is 1.00 bits per heavy atom. The van der Waals surface area contributed by atoms with Crippen molar-refractivity contribution in [2.24, 2.45) is 0 Å². The largest absolute Gasteiger partial charge is 0.457 e. The molecule has 0 radical (unpaired) electrons. The van der Waals surface area contributed by atoms with Crippen molar-refractivity contribution in [1.82, 2.24) is 14.9 Å². The summed E-state index contributed by atoms with van der Waals surface area (Å²) >= 11 is 0. The number of rotatable bonds is 6. The molecule has 0 spiro atoms. The standard InChI is InChI=1S/C24H27N5O2/c1-3-28-13-15-29(16-14-28)24-25-17-22(18(2)26-24)23(30)27-19-9-11-21(12-10-19)31-20-7-5-4-6-8-20/h4-12,17H,3,13-16H2,1-2H3,(H,27,30). The summed E-state index contributed by atoms with van der Waals surface area (Å²) in [6, 6.07) is 16.8. The fraction of sp³-hybridized carbons (Fsp3) is 0.292. The van der Waals surface area contributed by atoms with Gasteiger partial charge >= 0.3 is 0 Å². The highest BCUT2D eigenvalue weighted by Gasteiger charge is 2.19. The number of benzene rings is 2. The molecule has 1 N–H and O–H groups in total. The summed E-state index contributed by atoms with van der Waals surface area (Å²) < 4.78 is 5.79. The number of ether oxygens (including phenoxy) is 1. The van der Waals surface area contributed by atoms with E-state index in [0.717, 1.165) is 38.5 Å². The molecule has 160 valence electrons. The number of para-hydroxylation sites is 1. The van der Waals surface area contributed by atoms with Crippen molar-refractivity contribution in [3.05, 3.63) is 72.1 Å². The molecule has 0 atom stereocenters. The van der Waals surface area contributed by atoms with Crippen molar-refractivity contribution >= 4 is 17.5 Å². The fourth-order valence-electron chi connectivity index (χ4n) is 3.52. The maximum atomic E-state index is 12.7. The molecule has 7 heteroatoms. The highest BCUT2D eigenvalue weighted by atomic mass is 16.5. The number of hydrogen-bond donors (Lipinski definition) is 1. The van der Waals surface area contributed by atoms with Crippen molar-refractivity contribution in [3.63, 3.8) is 0 Å². The van der Waals surface area contributed by atoms with Crippen LogP contribution in [0.1, 0.15) is 23.0 Å². The van der Waals surface area contributed by atoms with E-state index in [4.69, 9.17) is 4.74 Å². The summed E-state index contributed by atoms with van der Waals surface area (Å²) in [6.07, 6.45) is 1.62. The van der Waals surface area contributed by atoms with Crippen LogP contribution in [-0.4, -0.2) is 53.5 Å². The molecule has 31 heavy (non-hydrogen) atoms. The molecule has 0 unspecified atom stereocenters. The first-order valence-electron chi connectivity index (χ1n) is 10.6. The minimum Gasteiger partial charge on any atom is -0.457 e. The quantitative estimate of drug-likeness (QED) is 0.654. The highest BCUT2D eigenvalue weighted by Crippen LogP contribution is 2.23. The number of nitrogens with one attached hydrogen (secondary N) is 1. The SMILES string of the molecule is CCN1CCN(c2ncc(C(=O)Nc3ccc(Oc4ccccc4)cc3)c(C)n2)CC1. The van der Waals surface area contributed by atoms with Crippen LogP contribution in [0.5, 0.6) is 11.5 Å². The van der Waals surface area contributed by atoms with Crippen LogP contribution in [-0.2, 0) is 0 Å². The second-order valence-corrected chi connectivity index (χ2v) is 7.48. The second-order valence-electron chi connectivity index (χ2n) is 7.48. The molecule has 0 bridgehead atoms. The summed E-state index contributed by atoms with van der Waals surface area (Å²) in [5.74, 6) is 1.93. The van der Waals surface area contributed by atoms with E-state index in [9.17, 15) is 4.79 Å². The van der Waals surface area contributed by atoms with Crippen LogP contribution in [0.25, 0.3) is 0 Å². The number of carbonyl (C=O) groups excluding carboxylic acids is 1. The average molecular weight is 418 g/mol. The normalized spacial score (nSPS) is 14.3. The van der Waals surface area contributed by atoms with Crippen LogP contribution >= 0.6 is 0 Å². The lowest BCUT2D eigenvalue weighted by Gasteiger charge is -2.34. The molecule has 2 heterocycles. The maximum absolute atomic E-state index is 12.7. The number of amides is 1. The zero-order valence-electron chi connectivity index (χ0n) is 17.9. The van der Waals surface area contributed by atoms with Gasteiger partial charge in [0, 0.05) is 38.1 Å². The summed E-state index contributed by atoms with van der Waals surface area (Å²) in [5.41, 5.74) is 1.83. The van der Waals surface area contributed by atoms with Gasteiger partial charge in [0.25, 0.3) is 5.91 Å². The average Bonchev–Trinajstić information content (AvgIpc) is 2.81. The van der Waals surface area contributed by atoms with Gasteiger partial charge in [-0.1, -0.05) is 25.1 Å². The third-order valence-electron chi connectivity index (χ3n) is 5.40. The Kier molecular flexibility index (Phi) is 6.43. The molecule has 0 saturated carbocycles. The van der Waals surface area contributed by atoms with E-state index in [-0.39, 0.29) is 5.91 Å². The number of likely N-dealkylation sites (N-methyl/N-ethyl adjacent to an activating group) is 1. The Morgan fingerprint density at radius 3 is 2.32 bits per heavy atom. The predicted octanol–water partition coefficient (Wildman–Crippen LogP) is 3.97. The van der Waals surface area contributed by atoms with Gasteiger partial charge in [-0.05, 0) is 49.9 Å². The summed E-state index contributed by atoms with van der Waals surface area (Å²) in [6.45, 7) is 8.89. The van der Waals surface area contributed by atoms with E-state index in [1.54, 1.807) is 6.20 Å². The van der Waals surface area contributed by atoms with Gasteiger partial charge in [-0.25, -0.2) is 9.97 Å². The monoisotopic (exact) mass is 417 g/mol. The van der Waals surface area contributed by atoms with Gasteiger partial charge in [0.1, 0.15) is 11.5 Å². The molecular weight excluding hydrogens is 390 g/mol. The second kappa shape index (κ2) is 9.57. The molecule has 1 aliphatic rings. The lowest BCUT2D eigenvalue weighted by Crippen LogP contribution is -2.46. The Balaban J connectivity index is 1.38. The number of hydrogen-bond acceptors (Lipinski definition) is 6. The van der Waals surface area contributed by atoms with Crippen LogP contribution in [0, 0.1) is 6.92 Å². The zero-order valence-corrected chi connectivity index (χ0v) is 17.9. The molecule has 1 amide bonds. The number of nitrogens with zero attached hydrogens (tertiary/aromatic N) is 4. The van der Waals surface area contributed by atoms with Gasteiger partial charge in [-0.15, -0.1) is 0 Å². The minimum absolute atomic E-state index is 0.225. The van der Waals surface area contributed by atoms with Crippen LogP contribution in [0.4, 0.5) is 11.6 Å². The topological polar surface area (TPSA) is 70.6 Å². The first kappa shape index (κ1) is 20.8. The Morgan fingerprint density at radius 2 is 1.68 bits per heavy atom. The van der Waals surface area contributed by atoms with Gasteiger partial charge in [0.2, 0.25) is 5.95 Å². The Labute approximate surface area is 182 Å².